The third-order valence-corrected chi connectivity index (χ3v) is 5.97. The molecule has 4 aromatic rings. The van der Waals surface area contributed by atoms with Crippen LogP contribution < -0.4 is 26.7 Å². The lowest BCUT2D eigenvalue weighted by molar-refractivity contribution is 0.399. The maximum Gasteiger partial charge on any atom is 0.259 e. The standard InChI is InChI=1S/C24H25N7O2/c1-33-24-21(25)28-13-19(31-24)18-12-15-8-11-27-23(32)20(15)22(30-18)29-17-5-3-2-4-16(17)14-6-9-26-10-7-14/h2-5,8,11-14,26H,6-7,9-10H2,1H3,(H2,25,28)(H,27,32)(H,29,30). The van der Waals surface area contributed by atoms with Crippen molar-refractivity contribution in [2.24, 2.45) is 0 Å². The van der Waals surface area contributed by atoms with Crippen molar-refractivity contribution in [2.75, 3.05) is 31.2 Å². The van der Waals surface area contributed by atoms with Gasteiger partial charge in [-0.25, -0.2) is 15.0 Å². The lowest BCUT2D eigenvalue weighted by atomic mass is 9.89. The zero-order valence-electron chi connectivity index (χ0n) is 18.3. The molecule has 5 rings (SSSR count). The third-order valence-electron chi connectivity index (χ3n) is 5.97. The Morgan fingerprint density at radius 1 is 1.12 bits per heavy atom. The molecule has 0 atom stereocenters. The Hall–Kier alpha value is -3.98. The summed E-state index contributed by atoms with van der Waals surface area (Å²) in [6, 6.07) is 11.9. The molecular weight excluding hydrogens is 418 g/mol. The molecule has 4 heterocycles. The van der Waals surface area contributed by atoms with E-state index < -0.39 is 0 Å². The highest BCUT2D eigenvalue weighted by molar-refractivity contribution is 5.95. The molecule has 1 saturated heterocycles. The van der Waals surface area contributed by atoms with Crippen molar-refractivity contribution < 1.29 is 4.74 Å². The smallest absolute Gasteiger partial charge is 0.259 e. The van der Waals surface area contributed by atoms with Crippen LogP contribution in [-0.4, -0.2) is 40.1 Å². The Balaban J connectivity index is 1.64. The van der Waals surface area contributed by atoms with E-state index in [1.165, 1.54) is 12.7 Å². The van der Waals surface area contributed by atoms with Crippen molar-refractivity contribution >= 4 is 28.1 Å². The van der Waals surface area contributed by atoms with Crippen LogP contribution in [0.5, 0.6) is 5.88 Å². The number of fused-ring (bicyclic) bond motifs is 1. The lowest BCUT2D eigenvalue weighted by Gasteiger charge is -2.25. The minimum atomic E-state index is -0.214. The van der Waals surface area contributed by atoms with Gasteiger partial charge >= 0.3 is 0 Å². The number of anilines is 3. The van der Waals surface area contributed by atoms with Crippen molar-refractivity contribution in [3.8, 4) is 17.3 Å². The van der Waals surface area contributed by atoms with E-state index in [-0.39, 0.29) is 17.3 Å². The zero-order chi connectivity index (χ0) is 22.8. The molecule has 0 radical (unpaired) electrons. The molecule has 0 spiro atoms. The Kier molecular flexibility index (Phi) is 5.62. The maximum atomic E-state index is 12.8. The molecule has 5 N–H and O–H groups in total. The van der Waals surface area contributed by atoms with Gasteiger partial charge in [-0.15, -0.1) is 0 Å². The van der Waals surface area contributed by atoms with Gasteiger partial charge in [-0.05, 0) is 61.0 Å². The van der Waals surface area contributed by atoms with Gasteiger partial charge in [-0.3, -0.25) is 4.79 Å². The van der Waals surface area contributed by atoms with Crippen LogP contribution in [0.2, 0.25) is 0 Å². The highest BCUT2D eigenvalue weighted by Gasteiger charge is 2.20. The predicted octanol–water partition coefficient (Wildman–Crippen LogP) is 3.18. The molecule has 33 heavy (non-hydrogen) atoms. The fraction of sp³-hybridized carbons (Fsp3) is 0.250. The summed E-state index contributed by atoms with van der Waals surface area (Å²) in [6.45, 7) is 1.99. The first-order valence-electron chi connectivity index (χ1n) is 10.9. The number of aromatic amines is 1. The Labute approximate surface area is 190 Å². The van der Waals surface area contributed by atoms with Gasteiger partial charge in [-0.2, -0.15) is 0 Å². The van der Waals surface area contributed by atoms with Crippen LogP contribution >= 0.6 is 0 Å². The van der Waals surface area contributed by atoms with Crippen LogP contribution in [0.1, 0.15) is 24.3 Å². The minimum absolute atomic E-state index is 0.202. The Bertz CT molecular complexity index is 1360. The molecule has 9 heteroatoms. The lowest BCUT2D eigenvalue weighted by Crippen LogP contribution is -2.27. The van der Waals surface area contributed by atoms with E-state index in [0.717, 1.165) is 37.0 Å². The number of nitrogen functional groups attached to an aromatic ring is 1. The van der Waals surface area contributed by atoms with Crippen molar-refractivity contribution in [1.82, 2.24) is 25.3 Å². The minimum Gasteiger partial charge on any atom is -0.478 e. The van der Waals surface area contributed by atoms with Crippen molar-refractivity contribution in [3.05, 3.63) is 64.7 Å². The Morgan fingerprint density at radius 3 is 2.76 bits per heavy atom. The van der Waals surface area contributed by atoms with Crippen LogP contribution in [0.4, 0.5) is 17.3 Å². The number of aromatic nitrogens is 4. The van der Waals surface area contributed by atoms with Crippen LogP contribution in [-0.2, 0) is 0 Å². The molecule has 1 aliphatic heterocycles. The van der Waals surface area contributed by atoms with E-state index in [9.17, 15) is 4.79 Å². The van der Waals surface area contributed by atoms with Crippen LogP contribution in [0.15, 0.2) is 53.6 Å². The summed E-state index contributed by atoms with van der Waals surface area (Å²) >= 11 is 0. The van der Waals surface area contributed by atoms with Gasteiger partial charge in [0.15, 0.2) is 5.82 Å². The average molecular weight is 444 g/mol. The number of nitrogens with two attached hydrogens (primary N) is 1. The second kappa shape index (κ2) is 8.87. The summed E-state index contributed by atoms with van der Waals surface area (Å²) in [5.74, 6) is 1.33. The summed E-state index contributed by atoms with van der Waals surface area (Å²) in [6.07, 6.45) is 5.30. The van der Waals surface area contributed by atoms with Crippen molar-refractivity contribution in [2.45, 2.75) is 18.8 Å². The molecule has 3 aromatic heterocycles. The highest BCUT2D eigenvalue weighted by Crippen LogP contribution is 2.34. The van der Waals surface area contributed by atoms with Crippen molar-refractivity contribution in [1.29, 1.82) is 0 Å². The van der Waals surface area contributed by atoms with Crippen LogP contribution in [0, 0.1) is 0 Å². The van der Waals surface area contributed by atoms with Crippen LogP contribution in [0.25, 0.3) is 22.2 Å². The number of nitrogens with one attached hydrogen (secondary N) is 3. The largest absolute Gasteiger partial charge is 0.478 e. The monoisotopic (exact) mass is 443 g/mol. The summed E-state index contributed by atoms with van der Waals surface area (Å²) in [4.78, 5) is 28.9. The van der Waals surface area contributed by atoms with Gasteiger partial charge in [0.2, 0.25) is 0 Å². The number of para-hydroxylation sites is 1. The van der Waals surface area contributed by atoms with E-state index >= 15 is 0 Å². The van der Waals surface area contributed by atoms with Gasteiger partial charge in [-0.1, -0.05) is 18.2 Å². The summed E-state index contributed by atoms with van der Waals surface area (Å²) < 4.78 is 5.22. The number of H-pyrrole nitrogens is 1. The molecule has 1 fully saturated rings. The first kappa shape index (κ1) is 20.9. The molecular formula is C24H25N7O2. The summed E-state index contributed by atoms with van der Waals surface area (Å²) in [5, 5.41) is 8.08. The van der Waals surface area contributed by atoms with Gasteiger partial charge in [0.1, 0.15) is 11.5 Å². The highest BCUT2D eigenvalue weighted by atomic mass is 16.5. The molecule has 9 nitrogen and oxygen atoms in total. The quantitative estimate of drug-likeness (QED) is 0.370. The number of ether oxygens (including phenoxy) is 1. The van der Waals surface area contributed by atoms with Gasteiger partial charge in [0, 0.05) is 11.9 Å². The average Bonchev–Trinajstić information content (AvgIpc) is 2.85. The molecule has 1 aliphatic rings. The van der Waals surface area contributed by atoms with E-state index in [1.54, 1.807) is 12.4 Å². The molecule has 168 valence electrons. The first-order valence-corrected chi connectivity index (χ1v) is 10.9. The summed E-state index contributed by atoms with van der Waals surface area (Å²) in [7, 11) is 1.49. The van der Waals surface area contributed by atoms with Gasteiger partial charge < -0.3 is 26.1 Å². The molecule has 0 aliphatic carbocycles. The maximum absolute atomic E-state index is 12.8. The van der Waals surface area contributed by atoms with Crippen molar-refractivity contribution in [3.63, 3.8) is 0 Å². The normalized spacial score (nSPS) is 14.3. The number of nitrogens with zero attached hydrogens (tertiary/aromatic N) is 3. The van der Waals surface area contributed by atoms with E-state index in [4.69, 9.17) is 15.5 Å². The molecule has 0 unspecified atom stereocenters. The fourth-order valence-corrected chi connectivity index (χ4v) is 4.32. The molecule has 0 saturated carbocycles. The third kappa shape index (κ3) is 4.10. The number of benzene rings is 1. The zero-order valence-corrected chi connectivity index (χ0v) is 18.3. The van der Waals surface area contributed by atoms with Gasteiger partial charge in [0.25, 0.3) is 11.4 Å². The fourth-order valence-electron chi connectivity index (χ4n) is 4.32. The second-order valence-corrected chi connectivity index (χ2v) is 8.01. The van der Waals surface area contributed by atoms with E-state index in [0.29, 0.717) is 28.5 Å². The van der Waals surface area contributed by atoms with Crippen LogP contribution in [0.3, 0.4) is 0 Å². The number of hydrogen-bond donors (Lipinski definition) is 4. The molecule has 1 aromatic carbocycles. The Morgan fingerprint density at radius 2 is 1.94 bits per heavy atom. The first-order chi connectivity index (χ1) is 16.1. The SMILES string of the molecule is COc1nc(-c2cc3cc[nH]c(=O)c3c(Nc3ccccc3C3CCNCC3)n2)cnc1N. The van der Waals surface area contributed by atoms with Gasteiger partial charge in [0.05, 0.1) is 24.4 Å². The number of hydrogen-bond acceptors (Lipinski definition) is 8. The number of rotatable bonds is 5. The van der Waals surface area contributed by atoms with E-state index in [1.807, 2.05) is 30.3 Å². The van der Waals surface area contributed by atoms with E-state index in [2.05, 4.69) is 31.7 Å². The number of piperidine rings is 1. The summed E-state index contributed by atoms with van der Waals surface area (Å²) in [5.41, 5.74) is 8.83. The predicted molar refractivity (Wildman–Crippen MR) is 129 cm³/mol. The molecule has 0 amide bonds. The topological polar surface area (TPSA) is 131 Å². The molecule has 0 bridgehead atoms. The second-order valence-electron chi connectivity index (χ2n) is 8.01. The number of methoxy groups -OCH3 is 1. The number of pyridine rings is 2.